The van der Waals surface area contributed by atoms with Crippen molar-refractivity contribution in [3.05, 3.63) is 59.1 Å². The lowest BCUT2D eigenvalue weighted by atomic mass is 10.1. The number of halogens is 4. The van der Waals surface area contributed by atoms with Gasteiger partial charge in [-0.1, -0.05) is 29.8 Å². The van der Waals surface area contributed by atoms with Crippen LogP contribution in [0.3, 0.4) is 0 Å². The Kier molecular flexibility index (Phi) is 5.94. The Hall–Kier alpha value is -2.10. The fourth-order valence-corrected chi connectivity index (χ4v) is 3.43. The van der Waals surface area contributed by atoms with E-state index in [-0.39, 0.29) is 9.92 Å². The smallest absolute Gasteiger partial charge is 0.324 e. The van der Waals surface area contributed by atoms with Gasteiger partial charge in [-0.05, 0) is 30.3 Å². The van der Waals surface area contributed by atoms with Gasteiger partial charge in [-0.3, -0.25) is 4.79 Å². The maximum Gasteiger partial charge on any atom is 0.418 e. The molecule has 10 heteroatoms. The molecular weight excluding hydrogens is 393 g/mol. The second-order valence-electron chi connectivity index (χ2n) is 5.31. The zero-order valence-electron chi connectivity index (χ0n) is 13.4. The summed E-state index contributed by atoms with van der Waals surface area (Å²) in [5.41, 5.74) is -1.62. The topological polar surface area (TPSA) is 66.5 Å². The van der Waals surface area contributed by atoms with Gasteiger partial charge in [0, 0.05) is 12.1 Å². The highest BCUT2D eigenvalue weighted by Crippen LogP contribution is 2.36. The Morgan fingerprint density at radius 2 is 1.77 bits per heavy atom. The van der Waals surface area contributed by atoms with Crippen molar-refractivity contribution in [1.29, 1.82) is 0 Å². The Morgan fingerprint density at radius 3 is 2.35 bits per heavy atom. The lowest BCUT2D eigenvalue weighted by Crippen LogP contribution is -2.35. The van der Waals surface area contributed by atoms with Crippen LogP contribution in [0, 0.1) is 0 Å². The number of likely N-dealkylation sites (N-methyl/N-ethyl adjacent to an activating group) is 1. The van der Waals surface area contributed by atoms with Crippen LogP contribution in [0.25, 0.3) is 0 Å². The predicted molar refractivity (Wildman–Crippen MR) is 91.3 cm³/mol. The molecule has 140 valence electrons. The Bertz CT molecular complexity index is 903. The first kappa shape index (κ1) is 20.2. The molecule has 0 fully saturated rings. The molecule has 26 heavy (non-hydrogen) atoms. The Labute approximate surface area is 153 Å². The third-order valence-corrected chi connectivity index (χ3v) is 5.43. The van der Waals surface area contributed by atoms with Gasteiger partial charge in [0.2, 0.25) is 15.9 Å². The van der Waals surface area contributed by atoms with Gasteiger partial charge >= 0.3 is 6.18 Å². The van der Waals surface area contributed by atoms with Crippen molar-refractivity contribution < 1.29 is 26.4 Å². The van der Waals surface area contributed by atoms with Crippen LogP contribution in [-0.4, -0.2) is 32.2 Å². The Balaban J connectivity index is 2.17. The number of anilines is 1. The van der Waals surface area contributed by atoms with Crippen LogP contribution >= 0.6 is 11.6 Å². The zero-order valence-corrected chi connectivity index (χ0v) is 15.0. The SMILES string of the molecule is CN(CC(=O)Nc1ccc(Cl)cc1C(F)(F)F)S(=O)(=O)c1ccccc1. The van der Waals surface area contributed by atoms with Gasteiger partial charge < -0.3 is 5.32 Å². The number of benzene rings is 2. The second-order valence-corrected chi connectivity index (χ2v) is 7.79. The van der Waals surface area contributed by atoms with E-state index in [1.807, 2.05) is 0 Å². The van der Waals surface area contributed by atoms with Crippen LogP contribution in [0.1, 0.15) is 5.56 Å². The van der Waals surface area contributed by atoms with Crippen LogP contribution < -0.4 is 5.32 Å². The quantitative estimate of drug-likeness (QED) is 0.824. The summed E-state index contributed by atoms with van der Waals surface area (Å²) in [4.78, 5) is 12.0. The van der Waals surface area contributed by atoms with Gasteiger partial charge in [0.05, 0.1) is 22.7 Å². The molecule has 0 aliphatic rings. The lowest BCUT2D eigenvalue weighted by Gasteiger charge is -2.18. The Morgan fingerprint density at radius 1 is 1.15 bits per heavy atom. The summed E-state index contributed by atoms with van der Waals surface area (Å²) in [5.74, 6) is -0.917. The monoisotopic (exact) mass is 406 g/mol. The second kappa shape index (κ2) is 7.65. The average molecular weight is 407 g/mol. The number of hydrogen-bond acceptors (Lipinski definition) is 3. The van der Waals surface area contributed by atoms with E-state index in [0.29, 0.717) is 6.07 Å². The van der Waals surface area contributed by atoms with Gasteiger partial charge in [-0.15, -0.1) is 0 Å². The zero-order chi connectivity index (χ0) is 19.5. The first-order chi connectivity index (χ1) is 12.0. The molecule has 0 saturated carbocycles. The van der Waals surface area contributed by atoms with E-state index in [1.165, 1.54) is 30.3 Å². The molecule has 2 aromatic rings. The van der Waals surface area contributed by atoms with Crippen LogP contribution in [0.4, 0.5) is 18.9 Å². The van der Waals surface area contributed by atoms with Crippen LogP contribution in [0.15, 0.2) is 53.4 Å². The van der Waals surface area contributed by atoms with Gasteiger partial charge in [0.1, 0.15) is 0 Å². The number of rotatable bonds is 5. The molecule has 0 heterocycles. The molecule has 1 amide bonds. The summed E-state index contributed by atoms with van der Waals surface area (Å²) >= 11 is 5.57. The number of carbonyl (C=O) groups is 1. The van der Waals surface area contributed by atoms with Crippen molar-refractivity contribution in [2.24, 2.45) is 0 Å². The maximum absolute atomic E-state index is 13.0. The van der Waals surface area contributed by atoms with Crippen molar-refractivity contribution in [2.75, 3.05) is 18.9 Å². The van der Waals surface area contributed by atoms with Crippen molar-refractivity contribution in [3.63, 3.8) is 0 Å². The highest BCUT2D eigenvalue weighted by Gasteiger charge is 2.34. The number of alkyl halides is 3. The molecule has 1 N–H and O–H groups in total. The molecule has 0 atom stereocenters. The molecule has 0 spiro atoms. The van der Waals surface area contributed by atoms with E-state index in [9.17, 15) is 26.4 Å². The van der Waals surface area contributed by atoms with Crippen molar-refractivity contribution in [2.45, 2.75) is 11.1 Å². The van der Waals surface area contributed by atoms with E-state index in [2.05, 4.69) is 5.32 Å². The summed E-state index contributed by atoms with van der Waals surface area (Å²) in [5, 5.41) is 1.94. The van der Waals surface area contributed by atoms with Crippen LogP contribution in [-0.2, 0) is 21.0 Å². The molecule has 2 rings (SSSR count). The minimum absolute atomic E-state index is 0.0298. The minimum Gasteiger partial charge on any atom is -0.324 e. The molecular formula is C16H14ClF3N2O3S. The third-order valence-electron chi connectivity index (χ3n) is 3.38. The third kappa shape index (κ3) is 4.75. The largest absolute Gasteiger partial charge is 0.418 e. The fraction of sp³-hybridized carbons (Fsp3) is 0.188. The molecule has 0 saturated heterocycles. The standard InChI is InChI=1S/C16H14ClF3N2O3S/c1-22(26(24,25)12-5-3-2-4-6-12)10-15(23)21-14-8-7-11(17)9-13(14)16(18,19)20/h2-9H,10H2,1H3,(H,21,23). The van der Waals surface area contributed by atoms with Gasteiger partial charge in [0.25, 0.3) is 0 Å². The average Bonchev–Trinajstić information content (AvgIpc) is 2.56. The highest BCUT2D eigenvalue weighted by molar-refractivity contribution is 7.89. The predicted octanol–water partition coefficient (Wildman–Crippen LogP) is 3.62. The minimum atomic E-state index is -4.73. The van der Waals surface area contributed by atoms with Gasteiger partial charge in [-0.25, -0.2) is 8.42 Å². The van der Waals surface area contributed by atoms with E-state index in [1.54, 1.807) is 6.07 Å². The summed E-state index contributed by atoms with van der Waals surface area (Å²) in [6, 6.07) is 10.3. The molecule has 5 nitrogen and oxygen atoms in total. The normalized spacial score (nSPS) is 12.2. The van der Waals surface area contributed by atoms with E-state index in [4.69, 9.17) is 11.6 Å². The molecule has 0 unspecified atom stereocenters. The summed E-state index contributed by atoms with van der Waals surface area (Å²) < 4.78 is 64.5. The molecule has 2 aromatic carbocycles. The van der Waals surface area contributed by atoms with E-state index < -0.39 is 39.9 Å². The first-order valence-electron chi connectivity index (χ1n) is 7.20. The number of sulfonamides is 1. The molecule has 0 aliphatic heterocycles. The number of carbonyl (C=O) groups excluding carboxylic acids is 1. The van der Waals surface area contributed by atoms with Gasteiger partial charge in [0.15, 0.2) is 0 Å². The summed E-state index contributed by atoms with van der Waals surface area (Å²) in [7, 11) is -2.78. The number of nitrogens with zero attached hydrogens (tertiary/aromatic N) is 1. The van der Waals surface area contributed by atoms with Crippen molar-refractivity contribution in [1.82, 2.24) is 4.31 Å². The maximum atomic E-state index is 13.0. The molecule has 0 bridgehead atoms. The van der Waals surface area contributed by atoms with Gasteiger partial charge in [-0.2, -0.15) is 17.5 Å². The number of nitrogens with one attached hydrogen (secondary N) is 1. The lowest BCUT2D eigenvalue weighted by molar-refractivity contribution is -0.137. The molecule has 0 aromatic heterocycles. The summed E-state index contributed by atoms with van der Waals surface area (Å²) in [6.45, 7) is -0.656. The highest BCUT2D eigenvalue weighted by atomic mass is 35.5. The van der Waals surface area contributed by atoms with Crippen molar-refractivity contribution in [3.8, 4) is 0 Å². The molecule has 0 aliphatic carbocycles. The number of hydrogen-bond donors (Lipinski definition) is 1. The van der Waals surface area contributed by atoms with Crippen molar-refractivity contribution >= 4 is 33.2 Å². The summed E-state index contributed by atoms with van der Waals surface area (Å²) in [6.07, 6.45) is -4.73. The fourth-order valence-electron chi connectivity index (χ4n) is 2.11. The van der Waals surface area contributed by atoms with E-state index >= 15 is 0 Å². The number of amides is 1. The molecule has 0 radical (unpaired) electrons. The van der Waals surface area contributed by atoms with Crippen LogP contribution in [0.2, 0.25) is 5.02 Å². The van der Waals surface area contributed by atoms with Crippen LogP contribution in [0.5, 0.6) is 0 Å². The van der Waals surface area contributed by atoms with E-state index in [0.717, 1.165) is 17.4 Å². The first-order valence-corrected chi connectivity index (χ1v) is 9.01.